The number of hydrogen-bond donors (Lipinski definition) is 1. The summed E-state index contributed by atoms with van der Waals surface area (Å²) in [5.41, 5.74) is 0.156. The molecular weight excluding hydrogens is 226 g/mol. The van der Waals surface area contributed by atoms with Crippen LogP contribution >= 0.6 is 0 Å². The van der Waals surface area contributed by atoms with Gasteiger partial charge in [0.2, 0.25) is 0 Å². The third-order valence-corrected chi connectivity index (χ3v) is 5.59. The first-order valence-corrected chi connectivity index (χ1v) is 7.45. The number of hydrogen-bond acceptors (Lipinski definition) is 2. The van der Waals surface area contributed by atoms with Crippen molar-refractivity contribution in [2.24, 2.45) is 10.8 Å². The van der Waals surface area contributed by atoms with E-state index in [0.29, 0.717) is 5.41 Å². The van der Waals surface area contributed by atoms with Crippen LogP contribution in [0.2, 0.25) is 0 Å². The molecule has 3 heteroatoms. The molecule has 0 amide bonds. The van der Waals surface area contributed by atoms with Gasteiger partial charge in [-0.25, -0.2) is 0 Å². The summed E-state index contributed by atoms with van der Waals surface area (Å²) in [6, 6.07) is 0. The molecule has 0 unspecified atom stereocenters. The number of carboxylic acids is 1. The van der Waals surface area contributed by atoms with Crippen molar-refractivity contribution >= 4 is 5.97 Å². The number of likely N-dealkylation sites (tertiary alicyclic amines) is 1. The summed E-state index contributed by atoms with van der Waals surface area (Å²) >= 11 is 0. The zero-order valence-electron chi connectivity index (χ0n) is 11.9. The van der Waals surface area contributed by atoms with Crippen LogP contribution in [0.4, 0.5) is 0 Å². The zero-order chi connectivity index (χ0) is 13.2. The van der Waals surface area contributed by atoms with Crippen molar-refractivity contribution in [3.05, 3.63) is 0 Å². The Morgan fingerprint density at radius 1 is 1.22 bits per heavy atom. The largest absolute Gasteiger partial charge is 0.481 e. The van der Waals surface area contributed by atoms with E-state index in [2.05, 4.69) is 18.7 Å². The molecule has 2 rings (SSSR count). The molecule has 0 bridgehead atoms. The Morgan fingerprint density at radius 2 is 1.83 bits per heavy atom. The van der Waals surface area contributed by atoms with Crippen molar-refractivity contribution in [2.75, 3.05) is 19.6 Å². The quantitative estimate of drug-likeness (QED) is 0.818. The number of piperidine rings is 1. The van der Waals surface area contributed by atoms with Gasteiger partial charge < -0.3 is 10.0 Å². The monoisotopic (exact) mass is 253 g/mol. The molecule has 2 fully saturated rings. The highest BCUT2D eigenvalue weighted by Crippen LogP contribution is 2.44. The van der Waals surface area contributed by atoms with Gasteiger partial charge in [-0.3, -0.25) is 4.79 Å². The first-order valence-electron chi connectivity index (χ1n) is 7.45. The van der Waals surface area contributed by atoms with Gasteiger partial charge >= 0.3 is 5.97 Å². The van der Waals surface area contributed by atoms with E-state index in [1.807, 2.05) is 0 Å². The van der Waals surface area contributed by atoms with Crippen molar-refractivity contribution < 1.29 is 9.90 Å². The second kappa shape index (κ2) is 5.20. The van der Waals surface area contributed by atoms with E-state index in [0.717, 1.165) is 45.3 Å². The smallest absolute Gasteiger partial charge is 0.309 e. The highest BCUT2D eigenvalue weighted by molar-refractivity contribution is 5.75. The van der Waals surface area contributed by atoms with Crippen LogP contribution in [0, 0.1) is 10.8 Å². The number of rotatable bonds is 5. The lowest BCUT2D eigenvalue weighted by Gasteiger charge is -2.42. The molecule has 2 aliphatic rings. The van der Waals surface area contributed by atoms with Crippen LogP contribution < -0.4 is 0 Å². The number of aliphatic carboxylic acids is 1. The van der Waals surface area contributed by atoms with Gasteiger partial charge in [0.15, 0.2) is 0 Å². The van der Waals surface area contributed by atoms with Gasteiger partial charge in [0.05, 0.1) is 5.41 Å². The Morgan fingerprint density at radius 3 is 2.22 bits per heavy atom. The van der Waals surface area contributed by atoms with Gasteiger partial charge in [0, 0.05) is 0 Å². The van der Waals surface area contributed by atoms with Gasteiger partial charge in [-0.15, -0.1) is 0 Å². The summed E-state index contributed by atoms with van der Waals surface area (Å²) in [6.45, 7) is 7.95. The lowest BCUT2D eigenvalue weighted by atomic mass is 9.66. The van der Waals surface area contributed by atoms with E-state index in [9.17, 15) is 9.90 Å². The van der Waals surface area contributed by atoms with Gasteiger partial charge in [0.25, 0.3) is 0 Å². The Balaban J connectivity index is 1.77. The molecule has 1 N–H and O–H groups in total. The van der Waals surface area contributed by atoms with Gasteiger partial charge in [-0.2, -0.15) is 0 Å². The second-order valence-electron chi connectivity index (χ2n) is 6.69. The Hall–Kier alpha value is -0.570. The summed E-state index contributed by atoms with van der Waals surface area (Å²) in [4.78, 5) is 13.8. The van der Waals surface area contributed by atoms with Gasteiger partial charge in [-0.05, 0) is 57.2 Å². The van der Waals surface area contributed by atoms with E-state index in [1.54, 1.807) is 0 Å². The average Bonchev–Trinajstić information content (AvgIpc) is 2.30. The van der Waals surface area contributed by atoms with E-state index in [-0.39, 0.29) is 5.41 Å². The summed E-state index contributed by atoms with van der Waals surface area (Å²) in [5.74, 6) is -0.566. The lowest BCUT2D eigenvalue weighted by Crippen LogP contribution is -2.44. The topological polar surface area (TPSA) is 40.5 Å². The Kier molecular flexibility index (Phi) is 4.00. The van der Waals surface area contributed by atoms with Crippen LogP contribution in [0.25, 0.3) is 0 Å². The van der Waals surface area contributed by atoms with E-state index in [1.165, 1.54) is 19.3 Å². The second-order valence-corrected chi connectivity index (χ2v) is 6.69. The Bertz CT molecular complexity index is 302. The molecule has 1 aliphatic carbocycles. The molecule has 1 saturated heterocycles. The average molecular weight is 253 g/mol. The molecule has 1 aliphatic heterocycles. The van der Waals surface area contributed by atoms with Crippen molar-refractivity contribution in [3.63, 3.8) is 0 Å². The predicted molar refractivity (Wildman–Crippen MR) is 72.6 cm³/mol. The van der Waals surface area contributed by atoms with Gasteiger partial charge in [-0.1, -0.05) is 26.7 Å². The SMILES string of the molecule is CCC1(C)CCN(CCC2(C(=O)O)CCC2)CC1. The molecule has 3 nitrogen and oxygen atoms in total. The fraction of sp³-hybridized carbons (Fsp3) is 0.933. The summed E-state index contributed by atoms with van der Waals surface area (Å²) in [6.07, 6.45) is 7.53. The van der Waals surface area contributed by atoms with Crippen LogP contribution in [0.3, 0.4) is 0 Å². The normalized spacial score (nSPS) is 26.6. The number of carboxylic acid groups (broad SMARTS) is 1. The highest BCUT2D eigenvalue weighted by Gasteiger charge is 2.44. The maximum atomic E-state index is 11.3. The first kappa shape index (κ1) is 13.9. The first-order chi connectivity index (χ1) is 8.50. The maximum absolute atomic E-state index is 11.3. The molecule has 104 valence electrons. The molecule has 0 radical (unpaired) electrons. The maximum Gasteiger partial charge on any atom is 0.309 e. The van der Waals surface area contributed by atoms with Crippen molar-refractivity contribution in [3.8, 4) is 0 Å². The minimum Gasteiger partial charge on any atom is -0.481 e. The minimum atomic E-state index is -0.566. The van der Waals surface area contributed by atoms with Crippen molar-refractivity contribution in [1.82, 2.24) is 4.90 Å². The fourth-order valence-corrected chi connectivity index (χ4v) is 3.22. The number of nitrogens with zero attached hydrogens (tertiary/aromatic N) is 1. The zero-order valence-corrected chi connectivity index (χ0v) is 11.9. The van der Waals surface area contributed by atoms with Crippen LogP contribution in [-0.4, -0.2) is 35.6 Å². The molecule has 0 aromatic rings. The standard InChI is InChI=1S/C15H27NO2/c1-3-14(2)7-10-16(11-8-14)12-9-15(13(17)18)5-4-6-15/h3-12H2,1-2H3,(H,17,18). The van der Waals surface area contributed by atoms with Crippen LogP contribution in [0.15, 0.2) is 0 Å². The minimum absolute atomic E-state index is 0.370. The fourth-order valence-electron chi connectivity index (χ4n) is 3.22. The Labute approximate surface area is 111 Å². The molecule has 18 heavy (non-hydrogen) atoms. The van der Waals surface area contributed by atoms with E-state index >= 15 is 0 Å². The third kappa shape index (κ3) is 2.71. The molecule has 0 aromatic carbocycles. The summed E-state index contributed by atoms with van der Waals surface area (Å²) in [5, 5.41) is 9.32. The molecule has 0 spiro atoms. The van der Waals surface area contributed by atoms with Crippen molar-refractivity contribution in [2.45, 2.75) is 58.8 Å². The molecule has 0 aromatic heterocycles. The van der Waals surface area contributed by atoms with Crippen LogP contribution in [0.1, 0.15) is 58.8 Å². The van der Waals surface area contributed by atoms with E-state index in [4.69, 9.17) is 0 Å². The van der Waals surface area contributed by atoms with Crippen LogP contribution in [0.5, 0.6) is 0 Å². The molecule has 1 saturated carbocycles. The molecule has 1 heterocycles. The van der Waals surface area contributed by atoms with Crippen molar-refractivity contribution in [1.29, 1.82) is 0 Å². The lowest BCUT2D eigenvalue weighted by molar-refractivity contribution is -0.155. The van der Waals surface area contributed by atoms with E-state index < -0.39 is 5.97 Å². The van der Waals surface area contributed by atoms with Crippen LogP contribution in [-0.2, 0) is 4.79 Å². The summed E-state index contributed by atoms with van der Waals surface area (Å²) < 4.78 is 0. The molecular formula is C15H27NO2. The molecule has 0 atom stereocenters. The number of carbonyl (C=O) groups is 1. The predicted octanol–water partition coefficient (Wildman–Crippen LogP) is 3.14. The van der Waals surface area contributed by atoms with Gasteiger partial charge in [0.1, 0.15) is 0 Å². The highest BCUT2D eigenvalue weighted by atomic mass is 16.4. The summed E-state index contributed by atoms with van der Waals surface area (Å²) in [7, 11) is 0. The third-order valence-electron chi connectivity index (χ3n) is 5.59.